The number of aromatic nitrogens is 1. The largest absolute Gasteiger partial charge is 0.398 e. The zero-order valence-electron chi connectivity index (χ0n) is 19.3. The van der Waals surface area contributed by atoms with Gasteiger partial charge in [0, 0.05) is 31.7 Å². The number of halogens is 2. The number of rotatable bonds is 5. The van der Waals surface area contributed by atoms with Crippen LogP contribution in [0.2, 0.25) is 0 Å². The number of hydrogen-bond donors (Lipinski definition) is 2. The van der Waals surface area contributed by atoms with Crippen LogP contribution in [0.5, 0.6) is 0 Å². The SMILES string of the molecule is C.Nc1ccc(Br)cc1CS(=O)(=O)c1ccccc1.O=S(=O)(c1ccccc1)c1c[nH]c2ccc(Br)cc12. The summed E-state index contributed by atoms with van der Waals surface area (Å²) in [6, 6.07) is 27.6. The molecule has 10 heteroatoms. The highest BCUT2D eigenvalue weighted by molar-refractivity contribution is 9.10. The van der Waals surface area contributed by atoms with Gasteiger partial charge in [0.15, 0.2) is 9.84 Å². The highest BCUT2D eigenvalue weighted by Gasteiger charge is 2.21. The predicted molar refractivity (Wildman–Crippen MR) is 161 cm³/mol. The van der Waals surface area contributed by atoms with Crippen LogP contribution < -0.4 is 5.73 Å². The molecule has 0 atom stereocenters. The van der Waals surface area contributed by atoms with Gasteiger partial charge in [-0.25, -0.2) is 16.8 Å². The minimum Gasteiger partial charge on any atom is -0.398 e. The van der Waals surface area contributed by atoms with Crippen molar-refractivity contribution in [1.82, 2.24) is 4.98 Å². The first-order valence-corrected chi connectivity index (χ1v) is 15.7. The second-order valence-electron chi connectivity index (χ2n) is 8.07. The Bertz CT molecular complexity index is 1760. The highest BCUT2D eigenvalue weighted by Crippen LogP contribution is 2.30. The smallest absolute Gasteiger partial charge is 0.208 e. The molecule has 0 spiro atoms. The molecule has 1 aromatic heterocycles. The van der Waals surface area contributed by atoms with Crippen LogP contribution in [-0.2, 0) is 25.4 Å². The minimum atomic E-state index is -3.49. The zero-order chi connectivity index (χ0) is 26.6. The van der Waals surface area contributed by atoms with E-state index in [4.69, 9.17) is 5.73 Å². The highest BCUT2D eigenvalue weighted by atomic mass is 79.9. The van der Waals surface area contributed by atoms with Crippen molar-refractivity contribution in [1.29, 1.82) is 0 Å². The summed E-state index contributed by atoms with van der Waals surface area (Å²) in [7, 11) is -6.84. The normalized spacial score (nSPS) is 11.3. The summed E-state index contributed by atoms with van der Waals surface area (Å²) in [5.74, 6) is -0.0950. The molecule has 0 radical (unpaired) electrons. The Labute approximate surface area is 240 Å². The van der Waals surface area contributed by atoms with E-state index in [2.05, 4.69) is 36.8 Å². The average molecular weight is 678 g/mol. The van der Waals surface area contributed by atoms with Crippen LogP contribution in [-0.4, -0.2) is 21.8 Å². The lowest BCUT2D eigenvalue weighted by molar-refractivity contribution is 0.594. The van der Waals surface area contributed by atoms with E-state index in [0.29, 0.717) is 31.3 Å². The van der Waals surface area contributed by atoms with Gasteiger partial charge in [0.05, 0.1) is 20.4 Å². The van der Waals surface area contributed by atoms with Crippen molar-refractivity contribution in [3.63, 3.8) is 0 Å². The molecular formula is C28H26Br2N2O4S2. The molecular weight excluding hydrogens is 652 g/mol. The van der Waals surface area contributed by atoms with Crippen molar-refractivity contribution in [2.75, 3.05) is 5.73 Å². The molecule has 0 aliphatic rings. The van der Waals surface area contributed by atoms with E-state index < -0.39 is 19.7 Å². The summed E-state index contributed by atoms with van der Waals surface area (Å²) in [5.41, 5.74) is 7.68. The number of fused-ring (bicyclic) bond motifs is 1. The predicted octanol–water partition coefficient (Wildman–Crippen LogP) is 7.40. The Balaban J connectivity index is 0.000000206. The lowest BCUT2D eigenvalue weighted by Crippen LogP contribution is -2.06. The van der Waals surface area contributed by atoms with Gasteiger partial charge < -0.3 is 10.7 Å². The van der Waals surface area contributed by atoms with Crippen molar-refractivity contribution in [3.05, 3.63) is 118 Å². The van der Waals surface area contributed by atoms with E-state index in [1.165, 1.54) is 0 Å². The van der Waals surface area contributed by atoms with Gasteiger partial charge in [0.25, 0.3) is 0 Å². The molecule has 4 aromatic carbocycles. The number of H-pyrrole nitrogens is 1. The molecule has 198 valence electrons. The Morgan fingerprint density at radius 2 is 1.26 bits per heavy atom. The fraction of sp³-hybridized carbons (Fsp3) is 0.0714. The van der Waals surface area contributed by atoms with Gasteiger partial charge in [-0.15, -0.1) is 0 Å². The molecule has 0 aliphatic carbocycles. The molecule has 1 heterocycles. The van der Waals surface area contributed by atoms with Crippen molar-refractivity contribution in [2.24, 2.45) is 0 Å². The lowest BCUT2D eigenvalue weighted by atomic mass is 10.2. The summed E-state index contributed by atoms with van der Waals surface area (Å²) in [4.78, 5) is 3.90. The molecule has 0 unspecified atom stereocenters. The summed E-state index contributed by atoms with van der Waals surface area (Å²) in [5, 5.41) is 0.693. The molecule has 0 bridgehead atoms. The van der Waals surface area contributed by atoms with Gasteiger partial charge in [0.1, 0.15) is 0 Å². The molecule has 3 N–H and O–H groups in total. The fourth-order valence-electron chi connectivity index (χ4n) is 3.63. The molecule has 5 rings (SSSR count). The number of nitrogens with two attached hydrogens (primary N) is 1. The molecule has 6 nitrogen and oxygen atoms in total. The third kappa shape index (κ3) is 6.74. The molecule has 0 aliphatic heterocycles. The molecule has 0 fully saturated rings. The lowest BCUT2D eigenvalue weighted by Gasteiger charge is -2.07. The van der Waals surface area contributed by atoms with E-state index in [0.717, 1.165) is 14.5 Å². The van der Waals surface area contributed by atoms with Gasteiger partial charge in [0.2, 0.25) is 9.84 Å². The molecule has 0 saturated carbocycles. The van der Waals surface area contributed by atoms with Gasteiger partial charge >= 0.3 is 0 Å². The van der Waals surface area contributed by atoms with Gasteiger partial charge in [-0.1, -0.05) is 75.7 Å². The third-order valence-electron chi connectivity index (χ3n) is 5.50. The first kappa shape index (κ1) is 29.6. The standard InChI is InChI=1S/C14H10BrNO2S.C13H12BrNO2S.CH4/c15-10-6-7-13-12(8-10)14(9-16-13)19(17,18)11-4-2-1-3-5-11;14-11-6-7-13(15)10(8-11)9-18(16,17)12-4-2-1-3-5-12;/h1-9,16H;1-8H,9,15H2;1H4. The van der Waals surface area contributed by atoms with Crippen LogP contribution >= 0.6 is 31.9 Å². The maximum absolute atomic E-state index is 12.6. The van der Waals surface area contributed by atoms with Crippen LogP contribution in [0.15, 0.2) is 127 Å². The first-order valence-electron chi connectivity index (χ1n) is 11.0. The van der Waals surface area contributed by atoms with Crippen LogP contribution in [0.3, 0.4) is 0 Å². The Morgan fingerprint density at radius 3 is 1.89 bits per heavy atom. The quantitative estimate of drug-likeness (QED) is 0.188. The number of anilines is 1. The van der Waals surface area contributed by atoms with E-state index in [1.54, 1.807) is 85.1 Å². The molecule has 0 amide bonds. The zero-order valence-corrected chi connectivity index (χ0v) is 24.1. The number of benzene rings is 4. The molecule has 38 heavy (non-hydrogen) atoms. The Kier molecular flexibility index (Phi) is 9.59. The summed E-state index contributed by atoms with van der Waals surface area (Å²) in [6.07, 6.45) is 1.54. The van der Waals surface area contributed by atoms with E-state index in [-0.39, 0.29) is 13.2 Å². The summed E-state index contributed by atoms with van der Waals surface area (Å²) < 4.78 is 51.2. The van der Waals surface area contributed by atoms with Gasteiger partial charge in [-0.05, 0) is 66.2 Å². The Morgan fingerprint density at radius 1 is 0.711 bits per heavy atom. The summed E-state index contributed by atoms with van der Waals surface area (Å²) >= 11 is 6.68. The van der Waals surface area contributed by atoms with Gasteiger partial charge in [-0.3, -0.25) is 0 Å². The monoisotopic (exact) mass is 676 g/mol. The number of sulfone groups is 2. The number of nitrogen functional groups attached to an aromatic ring is 1. The average Bonchev–Trinajstić information content (AvgIpc) is 3.31. The van der Waals surface area contributed by atoms with E-state index in [1.807, 2.05) is 18.2 Å². The van der Waals surface area contributed by atoms with E-state index >= 15 is 0 Å². The van der Waals surface area contributed by atoms with Crippen molar-refractivity contribution >= 4 is 68.1 Å². The molecule has 0 saturated heterocycles. The molecule has 5 aromatic rings. The van der Waals surface area contributed by atoms with Gasteiger partial charge in [-0.2, -0.15) is 0 Å². The number of nitrogens with one attached hydrogen (secondary N) is 1. The van der Waals surface area contributed by atoms with Crippen molar-refractivity contribution in [2.45, 2.75) is 27.9 Å². The third-order valence-corrected chi connectivity index (χ3v) is 9.98. The minimum absolute atomic E-state index is 0. The maximum Gasteiger partial charge on any atom is 0.208 e. The van der Waals surface area contributed by atoms with Crippen molar-refractivity contribution < 1.29 is 16.8 Å². The maximum atomic E-state index is 12.6. The topological polar surface area (TPSA) is 110 Å². The first-order chi connectivity index (χ1) is 17.6. The number of hydrogen-bond acceptors (Lipinski definition) is 5. The number of aromatic amines is 1. The van der Waals surface area contributed by atoms with Crippen LogP contribution in [0.25, 0.3) is 10.9 Å². The van der Waals surface area contributed by atoms with Crippen LogP contribution in [0.1, 0.15) is 13.0 Å². The van der Waals surface area contributed by atoms with Crippen molar-refractivity contribution in [3.8, 4) is 0 Å². The second-order valence-corrected chi connectivity index (χ2v) is 13.8. The Hall–Kier alpha value is -2.92. The van der Waals surface area contributed by atoms with Crippen LogP contribution in [0, 0.1) is 0 Å². The second kappa shape index (κ2) is 12.3. The fourth-order valence-corrected chi connectivity index (χ4v) is 7.24. The van der Waals surface area contributed by atoms with Crippen LogP contribution in [0.4, 0.5) is 5.69 Å². The van der Waals surface area contributed by atoms with E-state index in [9.17, 15) is 16.8 Å². The summed E-state index contributed by atoms with van der Waals surface area (Å²) in [6.45, 7) is 0.